The third kappa shape index (κ3) is 3.77. The van der Waals surface area contributed by atoms with Crippen molar-refractivity contribution in [3.8, 4) is 0 Å². The van der Waals surface area contributed by atoms with Gasteiger partial charge in [0.25, 0.3) is 0 Å². The zero-order chi connectivity index (χ0) is 16.5. The van der Waals surface area contributed by atoms with Gasteiger partial charge in [-0.05, 0) is 64.0 Å². The van der Waals surface area contributed by atoms with Gasteiger partial charge in [0.15, 0.2) is 0 Å². The third-order valence-electron chi connectivity index (χ3n) is 4.24. The summed E-state index contributed by atoms with van der Waals surface area (Å²) in [6.45, 7) is 8.90. The lowest BCUT2D eigenvalue weighted by Crippen LogP contribution is -2.41. The Hall–Kier alpha value is -0.325. The highest BCUT2D eigenvalue weighted by Gasteiger charge is 2.52. The molecule has 0 bridgehead atoms. The minimum absolute atomic E-state index is 0.351. The summed E-state index contributed by atoms with van der Waals surface area (Å²) in [6, 6.07) is 5.72. The number of rotatable bonds is 4. The normalized spacial score (nSPS) is 20.5. The van der Waals surface area contributed by atoms with Crippen LogP contribution in [0.15, 0.2) is 28.1 Å². The maximum absolute atomic E-state index is 6.14. The Kier molecular flexibility index (Phi) is 5.45. The first-order valence-electron chi connectivity index (χ1n) is 7.32. The molecule has 1 aliphatic rings. The highest BCUT2D eigenvalue weighted by molar-refractivity contribution is 9.10. The Morgan fingerprint density at radius 3 is 2.41 bits per heavy atom. The van der Waals surface area contributed by atoms with E-state index in [0.717, 1.165) is 15.5 Å². The molecule has 3 nitrogen and oxygen atoms in total. The molecule has 0 radical (unpaired) electrons. The summed E-state index contributed by atoms with van der Waals surface area (Å²) in [5.74, 6) is 0. The predicted molar refractivity (Wildman–Crippen MR) is 97.1 cm³/mol. The van der Waals surface area contributed by atoms with Crippen molar-refractivity contribution in [2.24, 2.45) is 0 Å². The van der Waals surface area contributed by atoms with Gasteiger partial charge in [0.05, 0.1) is 11.2 Å². The molecule has 1 N–H and O–H groups in total. The molecule has 0 aliphatic carbocycles. The van der Waals surface area contributed by atoms with Gasteiger partial charge in [-0.3, -0.25) is 0 Å². The van der Waals surface area contributed by atoms with Gasteiger partial charge in [-0.15, -0.1) is 0 Å². The average molecular weight is 387 g/mol. The Morgan fingerprint density at radius 1 is 1.27 bits per heavy atom. The molecular formula is C16H22BBrClNO2. The molecule has 1 heterocycles. The molecule has 0 saturated carbocycles. The van der Waals surface area contributed by atoms with Crippen molar-refractivity contribution in [3.05, 3.63) is 38.7 Å². The van der Waals surface area contributed by atoms with Crippen LogP contribution in [0.1, 0.15) is 33.3 Å². The van der Waals surface area contributed by atoms with E-state index in [1.165, 1.54) is 0 Å². The Labute approximate surface area is 146 Å². The minimum Gasteiger partial charge on any atom is -0.400 e. The molecule has 1 aromatic carbocycles. The topological polar surface area (TPSA) is 30.5 Å². The Morgan fingerprint density at radius 2 is 1.86 bits per heavy atom. The highest BCUT2D eigenvalue weighted by Crippen LogP contribution is 2.39. The van der Waals surface area contributed by atoms with E-state index in [0.29, 0.717) is 11.6 Å². The van der Waals surface area contributed by atoms with Gasteiger partial charge < -0.3 is 14.6 Å². The van der Waals surface area contributed by atoms with Gasteiger partial charge in [-0.1, -0.05) is 33.6 Å². The van der Waals surface area contributed by atoms with Gasteiger partial charge in [-0.25, -0.2) is 0 Å². The molecule has 120 valence electrons. The number of nitrogens with one attached hydrogen (secondary N) is 1. The summed E-state index contributed by atoms with van der Waals surface area (Å²) in [5.41, 5.74) is 1.34. The first-order valence-corrected chi connectivity index (χ1v) is 8.49. The summed E-state index contributed by atoms with van der Waals surface area (Å²) < 4.78 is 13.3. The third-order valence-corrected chi connectivity index (χ3v) is 5.19. The highest BCUT2D eigenvalue weighted by atomic mass is 79.9. The number of hydrogen-bond acceptors (Lipinski definition) is 3. The van der Waals surface area contributed by atoms with Crippen LogP contribution in [0.2, 0.25) is 5.02 Å². The zero-order valence-corrected chi connectivity index (χ0v) is 16.0. The van der Waals surface area contributed by atoms with E-state index in [4.69, 9.17) is 20.9 Å². The predicted octanol–water partition coefficient (Wildman–Crippen LogP) is 4.34. The molecule has 0 amide bonds. The molecular weight excluding hydrogens is 364 g/mol. The van der Waals surface area contributed by atoms with Crippen LogP contribution < -0.4 is 5.32 Å². The average Bonchev–Trinajstić information content (AvgIpc) is 2.62. The second kappa shape index (κ2) is 6.66. The quantitative estimate of drug-likeness (QED) is 0.781. The second-order valence-corrected chi connectivity index (χ2v) is 7.79. The first-order chi connectivity index (χ1) is 10.2. The van der Waals surface area contributed by atoms with Crippen molar-refractivity contribution < 1.29 is 9.31 Å². The van der Waals surface area contributed by atoms with E-state index < -0.39 is 0 Å². The molecule has 1 fully saturated rings. The van der Waals surface area contributed by atoms with Crippen LogP contribution in [0, 0.1) is 0 Å². The van der Waals surface area contributed by atoms with Crippen LogP contribution in [-0.4, -0.2) is 31.9 Å². The first kappa shape index (κ1) is 18.0. The SMILES string of the molecule is CNCC(=Cc1cc(Cl)ccc1Br)B1OC(C)(C)C(C)(C)O1. The zero-order valence-electron chi connectivity index (χ0n) is 13.7. The number of likely N-dealkylation sites (N-methyl/N-ethyl adjacent to an activating group) is 1. The molecule has 0 aromatic heterocycles. The van der Waals surface area contributed by atoms with Crippen molar-refractivity contribution in [1.29, 1.82) is 0 Å². The lowest BCUT2D eigenvalue weighted by Gasteiger charge is -2.32. The van der Waals surface area contributed by atoms with Crippen molar-refractivity contribution in [3.63, 3.8) is 0 Å². The molecule has 0 unspecified atom stereocenters. The van der Waals surface area contributed by atoms with E-state index in [1.54, 1.807) is 0 Å². The summed E-state index contributed by atoms with van der Waals surface area (Å²) in [6.07, 6.45) is 2.06. The molecule has 0 spiro atoms. The van der Waals surface area contributed by atoms with Crippen LogP contribution in [-0.2, 0) is 9.31 Å². The van der Waals surface area contributed by atoms with Crippen LogP contribution >= 0.6 is 27.5 Å². The minimum atomic E-state index is -0.372. The van der Waals surface area contributed by atoms with Gasteiger partial charge in [0, 0.05) is 16.0 Å². The fourth-order valence-corrected chi connectivity index (χ4v) is 2.77. The van der Waals surface area contributed by atoms with Crippen molar-refractivity contribution >= 4 is 40.7 Å². The van der Waals surface area contributed by atoms with Crippen molar-refractivity contribution in [1.82, 2.24) is 5.32 Å². The standard InChI is InChI=1S/C16H22BBrClNO2/c1-15(2)16(3,4)22-17(21-15)12(10-20-5)8-11-9-13(19)6-7-14(11)18/h6-9,20H,10H2,1-5H3. The number of benzene rings is 1. The van der Waals surface area contributed by atoms with E-state index in [9.17, 15) is 0 Å². The maximum atomic E-state index is 6.14. The Balaban J connectivity index is 2.35. The summed E-state index contributed by atoms with van der Waals surface area (Å²) >= 11 is 9.66. The van der Waals surface area contributed by atoms with E-state index in [1.807, 2.05) is 25.2 Å². The van der Waals surface area contributed by atoms with Crippen LogP contribution in [0.4, 0.5) is 0 Å². The fourth-order valence-electron chi connectivity index (χ4n) is 2.23. The van der Waals surface area contributed by atoms with Crippen LogP contribution in [0.5, 0.6) is 0 Å². The molecule has 0 atom stereocenters. The van der Waals surface area contributed by atoms with E-state index in [2.05, 4.69) is 55.0 Å². The molecule has 1 aromatic rings. The monoisotopic (exact) mass is 385 g/mol. The Bertz CT molecular complexity index is 574. The van der Waals surface area contributed by atoms with E-state index in [-0.39, 0.29) is 18.3 Å². The largest absolute Gasteiger partial charge is 0.491 e. The summed E-state index contributed by atoms with van der Waals surface area (Å²) in [5, 5.41) is 3.88. The van der Waals surface area contributed by atoms with Crippen molar-refractivity contribution in [2.75, 3.05) is 13.6 Å². The molecule has 1 saturated heterocycles. The molecule has 1 aliphatic heterocycles. The number of hydrogen-bond donors (Lipinski definition) is 1. The van der Waals surface area contributed by atoms with Crippen LogP contribution in [0.25, 0.3) is 6.08 Å². The van der Waals surface area contributed by atoms with Crippen LogP contribution in [0.3, 0.4) is 0 Å². The smallest absolute Gasteiger partial charge is 0.400 e. The lowest BCUT2D eigenvalue weighted by atomic mass is 9.77. The molecule has 6 heteroatoms. The maximum Gasteiger partial charge on any atom is 0.491 e. The molecule has 2 rings (SSSR count). The number of halogens is 2. The van der Waals surface area contributed by atoms with Gasteiger partial charge >= 0.3 is 7.12 Å². The molecule has 22 heavy (non-hydrogen) atoms. The summed E-state index contributed by atoms with van der Waals surface area (Å²) in [4.78, 5) is 0. The lowest BCUT2D eigenvalue weighted by molar-refractivity contribution is 0.00578. The van der Waals surface area contributed by atoms with E-state index >= 15 is 0 Å². The van der Waals surface area contributed by atoms with Gasteiger partial charge in [0.1, 0.15) is 0 Å². The van der Waals surface area contributed by atoms with Crippen molar-refractivity contribution in [2.45, 2.75) is 38.9 Å². The van der Waals surface area contributed by atoms with Gasteiger partial charge in [-0.2, -0.15) is 0 Å². The van der Waals surface area contributed by atoms with Gasteiger partial charge in [0.2, 0.25) is 0 Å². The second-order valence-electron chi connectivity index (χ2n) is 6.50. The summed E-state index contributed by atoms with van der Waals surface area (Å²) in [7, 11) is 1.54. The fraction of sp³-hybridized carbons (Fsp3) is 0.500.